The van der Waals surface area contributed by atoms with Gasteiger partial charge in [0.2, 0.25) is 5.96 Å². The van der Waals surface area contributed by atoms with E-state index in [0.29, 0.717) is 11.9 Å². The second kappa shape index (κ2) is 9.16. The van der Waals surface area contributed by atoms with Gasteiger partial charge < -0.3 is 10.1 Å². The summed E-state index contributed by atoms with van der Waals surface area (Å²) < 4.78 is 5.26. The lowest BCUT2D eigenvalue weighted by molar-refractivity contribution is 0.145. The maximum atomic E-state index is 5.44. The number of aliphatic imine (C=N–C) groups is 1. The predicted molar refractivity (Wildman–Crippen MR) is 77.4 cm³/mol. The van der Waals surface area contributed by atoms with Crippen molar-refractivity contribution in [1.29, 1.82) is 0 Å². The number of nitrogens with zero attached hydrogens (tertiary/aromatic N) is 1. The lowest BCUT2D eigenvalue weighted by atomic mass is 9.81. The zero-order chi connectivity index (χ0) is 14.0. The van der Waals surface area contributed by atoms with Crippen LogP contribution in [0.2, 0.25) is 0 Å². The van der Waals surface area contributed by atoms with Crippen LogP contribution in [0.4, 0.5) is 0 Å². The first-order valence-corrected chi connectivity index (χ1v) is 6.76. The molecule has 0 radical (unpaired) electrons. The molecule has 5 nitrogen and oxygen atoms in total. The van der Waals surface area contributed by atoms with Gasteiger partial charge in [0.25, 0.3) is 0 Å². The number of hydrogen-bond acceptors (Lipinski definition) is 3. The Kier molecular flexibility index (Phi) is 8.75. The Morgan fingerprint density at radius 2 is 2.06 bits per heavy atom. The second-order valence-electron chi connectivity index (χ2n) is 5.43. The fraction of sp³-hybridized carbons (Fsp3) is 0.923. The average molecular weight is 258 g/mol. The van der Waals surface area contributed by atoms with Crippen molar-refractivity contribution in [3.8, 4) is 0 Å². The Bertz CT molecular complexity index is 239. The Balaban J connectivity index is 4.01. The van der Waals surface area contributed by atoms with Gasteiger partial charge in [0, 0.05) is 26.3 Å². The molecule has 0 aliphatic carbocycles. The number of hydrazine groups is 1. The molecular formula is C13H30N4O. The van der Waals surface area contributed by atoms with Gasteiger partial charge in [-0.3, -0.25) is 10.4 Å². The highest BCUT2D eigenvalue weighted by molar-refractivity contribution is 5.79. The fourth-order valence-electron chi connectivity index (χ4n) is 1.14. The number of nitrogens with one attached hydrogen (secondary N) is 2. The summed E-state index contributed by atoms with van der Waals surface area (Å²) in [5.74, 6) is 6.68. The second-order valence-corrected chi connectivity index (χ2v) is 5.43. The molecule has 0 amide bonds. The molecule has 4 N–H and O–H groups in total. The van der Waals surface area contributed by atoms with Crippen LogP contribution in [0.3, 0.4) is 0 Å². The fourth-order valence-corrected chi connectivity index (χ4v) is 1.14. The molecule has 0 aromatic rings. The van der Waals surface area contributed by atoms with Crippen LogP contribution in [0.15, 0.2) is 4.99 Å². The van der Waals surface area contributed by atoms with E-state index in [4.69, 9.17) is 10.6 Å². The summed E-state index contributed by atoms with van der Waals surface area (Å²) in [6, 6.07) is 0. The molecule has 108 valence electrons. The standard InChI is InChI=1S/C13H30N4O/c1-6-18-9-7-8-15-12(17-14)16-10-13(4,5)11(2)3/h11H,6-10,14H2,1-5H3,(H2,15,16,17). The summed E-state index contributed by atoms with van der Waals surface area (Å²) in [5, 5.41) is 3.17. The normalized spacial score (nSPS) is 12.9. The number of nitrogens with two attached hydrogens (primary N) is 1. The Morgan fingerprint density at radius 1 is 1.39 bits per heavy atom. The molecule has 0 saturated heterocycles. The van der Waals surface area contributed by atoms with Crippen LogP contribution in [0.5, 0.6) is 0 Å². The highest BCUT2D eigenvalue weighted by Crippen LogP contribution is 2.25. The molecule has 0 spiro atoms. The van der Waals surface area contributed by atoms with Crippen LogP contribution >= 0.6 is 0 Å². The topological polar surface area (TPSA) is 71.7 Å². The van der Waals surface area contributed by atoms with Crippen LogP contribution in [0.25, 0.3) is 0 Å². The van der Waals surface area contributed by atoms with E-state index in [0.717, 1.165) is 32.7 Å². The van der Waals surface area contributed by atoms with E-state index in [9.17, 15) is 0 Å². The van der Waals surface area contributed by atoms with Gasteiger partial charge in [0.15, 0.2) is 0 Å². The first-order valence-electron chi connectivity index (χ1n) is 6.76. The quantitative estimate of drug-likeness (QED) is 0.203. The van der Waals surface area contributed by atoms with E-state index < -0.39 is 0 Å². The average Bonchev–Trinajstić information content (AvgIpc) is 2.32. The van der Waals surface area contributed by atoms with Crippen molar-refractivity contribution >= 4 is 5.96 Å². The summed E-state index contributed by atoms with van der Waals surface area (Å²) >= 11 is 0. The smallest absolute Gasteiger partial charge is 0.205 e. The van der Waals surface area contributed by atoms with E-state index in [1.807, 2.05) is 6.92 Å². The lowest BCUT2D eigenvalue weighted by Gasteiger charge is -2.27. The van der Waals surface area contributed by atoms with E-state index in [1.54, 1.807) is 0 Å². The summed E-state index contributed by atoms with van der Waals surface area (Å²) in [6.07, 6.45) is 0.947. The molecule has 0 atom stereocenters. The minimum Gasteiger partial charge on any atom is -0.382 e. The van der Waals surface area contributed by atoms with Gasteiger partial charge in [0.05, 0.1) is 0 Å². The summed E-state index contributed by atoms with van der Waals surface area (Å²) in [4.78, 5) is 4.48. The molecule has 0 rings (SSSR count). The van der Waals surface area contributed by atoms with Crippen molar-refractivity contribution in [2.75, 3.05) is 26.3 Å². The van der Waals surface area contributed by atoms with Crippen LogP contribution < -0.4 is 16.6 Å². The zero-order valence-corrected chi connectivity index (χ0v) is 12.5. The molecule has 0 aromatic carbocycles. The number of ether oxygens (including phenoxy) is 1. The Morgan fingerprint density at radius 3 is 2.56 bits per heavy atom. The number of rotatable bonds is 8. The van der Waals surface area contributed by atoms with Gasteiger partial charge in [0.1, 0.15) is 0 Å². The van der Waals surface area contributed by atoms with Crippen LogP contribution in [0.1, 0.15) is 41.0 Å². The molecule has 0 aliphatic rings. The predicted octanol–water partition coefficient (Wildman–Crippen LogP) is 1.50. The molecule has 0 bridgehead atoms. The maximum Gasteiger partial charge on any atom is 0.205 e. The SMILES string of the molecule is CCOCCCNC(=NCC(C)(C)C(C)C)NN. The first-order chi connectivity index (χ1) is 8.44. The van der Waals surface area contributed by atoms with Crippen LogP contribution in [0, 0.1) is 11.3 Å². The van der Waals surface area contributed by atoms with E-state index in [2.05, 4.69) is 43.4 Å². The summed E-state index contributed by atoms with van der Waals surface area (Å²) in [6.45, 7) is 13.9. The molecule has 0 aliphatic heterocycles. The van der Waals surface area contributed by atoms with Crippen molar-refractivity contribution < 1.29 is 4.74 Å². The lowest BCUT2D eigenvalue weighted by Crippen LogP contribution is -2.43. The zero-order valence-electron chi connectivity index (χ0n) is 12.5. The Hall–Kier alpha value is -0.810. The van der Waals surface area contributed by atoms with E-state index >= 15 is 0 Å². The van der Waals surface area contributed by atoms with E-state index in [-0.39, 0.29) is 5.41 Å². The van der Waals surface area contributed by atoms with E-state index in [1.165, 1.54) is 0 Å². The first kappa shape index (κ1) is 17.2. The van der Waals surface area contributed by atoms with Crippen molar-refractivity contribution in [1.82, 2.24) is 10.7 Å². The van der Waals surface area contributed by atoms with Crippen molar-refractivity contribution in [2.45, 2.75) is 41.0 Å². The van der Waals surface area contributed by atoms with Gasteiger partial charge in [-0.1, -0.05) is 27.7 Å². The molecule has 0 saturated carbocycles. The van der Waals surface area contributed by atoms with Crippen LogP contribution in [-0.4, -0.2) is 32.3 Å². The summed E-state index contributed by atoms with van der Waals surface area (Å²) in [5.41, 5.74) is 2.78. The van der Waals surface area contributed by atoms with Crippen molar-refractivity contribution in [2.24, 2.45) is 22.2 Å². The van der Waals surface area contributed by atoms with Crippen LogP contribution in [-0.2, 0) is 4.74 Å². The van der Waals surface area contributed by atoms with Gasteiger partial charge in [-0.15, -0.1) is 0 Å². The molecule has 0 fully saturated rings. The highest BCUT2D eigenvalue weighted by atomic mass is 16.5. The molecule has 0 unspecified atom stereocenters. The summed E-state index contributed by atoms with van der Waals surface area (Å²) in [7, 11) is 0. The monoisotopic (exact) mass is 258 g/mol. The Labute approximate surface area is 112 Å². The van der Waals surface area contributed by atoms with Crippen molar-refractivity contribution in [3.05, 3.63) is 0 Å². The third-order valence-corrected chi connectivity index (χ3v) is 3.31. The largest absolute Gasteiger partial charge is 0.382 e. The maximum absolute atomic E-state index is 5.44. The molecular weight excluding hydrogens is 228 g/mol. The number of guanidine groups is 1. The molecule has 18 heavy (non-hydrogen) atoms. The van der Waals surface area contributed by atoms with Gasteiger partial charge in [-0.05, 0) is 24.7 Å². The van der Waals surface area contributed by atoms with Gasteiger partial charge >= 0.3 is 0 Å². The third kappa shape index (κ3) is 7.50. The molecule has 0 heterocycles. The minimum atomic E-state index is 0.176. The number of hydrogen-bond donors (Lipinski definition) is 3. The third-order valence-electron chi connectivity index (χ3n) is 3.31. The molecule has 0 aromatic heterocycles. The van der Waals surface area contributed by atoms with Crippen molar-refractivity contribution in [3.63, 3.8) is 0 Å². The molecule has 5 heteroatoms. The van der Waals surface area contributed by atoms with Gasteiger partial charge in [-0.2, -0.15) is 0 Å². The highest BCUT2D eigenvalue weighted by Gasteiger charge is 2.21. The minimum absolute atomic E-state index is 0.176. The van der Waals surface area contributed by atoms with Gasteiger partial charge in [-0.25, -0.2) is 5.84 Å².